The van der Waals surface area contributed by atoms with Gasteiger partial charge in [-0.05, 0) is 55.8 Å². The van der Waals surface area contributed by atoms with E-state index in [1.165, 1.54) is 44.3 Å². The molecule has 1 aliphatic rings. The molecule has 1 saturated heterocycles. The Balaban J connectivity index is 1.37. The van der Waals surface area contributed by atoms with Crippen LogP contribution in [-0.2, 0) is 12.3 Å². The van der Waals surface area contributed by atoms with Crippen molar-refractivity contribution in [2.75, 3.05) is 25.4 Å². The van der Waals surface area contributed by atoms with Gasteiger partial charge in [0.25, 0.3) is 5.91 Å². The van der Waals surface area contributed by atoms with Gasteiger partial charge >= 0.3 is 0 Å². The Morgan fingerprint density at radius 1 is 1.08 bits per heavy atom. The third-order valence-electron chi connectivity index (χ3n) is 4.68. The maximum atomic E-state index is 12.2. The molecule has 0 bridgehead atoms. The highest BCUT2D eigenvalue weighted by Gasteiger charge is 2.10. The van der Waals surface area contributed by atoms with Crippen LogP contribution in [0.15, 0.2) is 47.1 Å². The van der Waals surface area contributed by atoms with E-state index in [4.69, 9.17) is 4.42 Å². The molecule has 0 aliphatic carbocycles. The molecule has 2 aromatic rings. The summed E-state index contributed by atoms with van der Waals surface area (Å²) in [6.07, 6.45) is 7.01. The number of carbonyl (C=O) groups excluding carboxylic acids is 1. The number of benzene rings is 1. The summed E-state index contributed by atoms with van der Waals surface area (Å²) < 4.78 is 5.29. The van der Waals surface area contributed by atoms with Crippen molar-refractivity contribution >= 4 is 17.7 Å². The van der Waals surface area contributed by atoms with Gasteiger partial charge in [-0.15, -0.1) is 0 Å². The van der Waals surface area contributed by atoms with E-state index in [2.05, 4.69) is 22.3 Å². The van der Waals surface area contributed by atoms with Gasteiger partial charge in [0.1, 0.15) is 5.76 Å². The van der Waals surface area contributed by atoms with Gasteiger partial charge in [-0.25, -0.2) is 0 Å². The minimum absolute atomic E-state index is 0.00456. The summed E-state index contributed by atoms with van der Waals surface area (Å²) in [5.41, 5.74) is 2.03. The van der Waals surface area contributed by atoms with Crippen molar-refractivity contribution in [2.45, 2.75) is 38.0 Å². The van der Waals surface area contributed by atoms with Crippen LogP contribution in [0.3, 0.4) is 0 Å². The molecule has 1 aliphatic heterocycles. The molecule has 4 nitrogen and oxygen atoms in total. The van der Waals surface area contributed by atoms with Crippen molar-refractivity contribution < 1.29 is 9.21 Å². The molecule has 1 N–H and O–H groups in total. The van der Waals surface area contributed by atoms with Crippen molar-refractivity contribution in [1.82, 2.24) is 10.2 Å². The SMILES string of the molecule is O=C(NCCSCc1ccco1)c1ccc(CN2CCCCCC2)cc1. The average molecular weight is 373 g/mol. The molecule has 1 aromatic heterocycles. The van der Waals surface area contributed by atoms with Crippen LogP contribution in [-0.4, -0.2) is 36.2 Å². The van der Waals surface area contributed by atoms with Gasteiger partial charge in [-0.3, -0.25) is 9.69 Å². The van der Waals surface area contributed by atoms with Crippen LogP contribution in [0.5, 0.6) is 0 Å². The normalized spacial score (nSPS) is 15.5. The molecule has 5 heteroatoms. The molecule has 26 heavy (non-hydrogen) atoms. The first-order chi connectivity index (χ1) is 12.8. The Bertz CT molecular complexity index is 647. The summed E-state index contributed by atoms with van der Waals surface area (Å²) in [7, 11) is 0. The van der Waals surface area contributed by atoms with Gasteiger partial charge in [0, 0.05) is 24.4 Å². The quantitative estimate of drug-likeness (QED) is 0.701. The summed E-state index contributed by atoms with van der Waals surface area (Å²) in [6, 6.07) is 11.9. The van der Waals surface area contributed by atoms with Gasteiger partial charge in [0.15, 0.2) is 0 Å². The number of nitrogens with one attached hydrogen (secondary N) is 1. The van der Waals surface area contributed by atoms with E-state index >= 15 is 0 Å². The third kappa shape index (κ3) is 6.22. The zero-order chi connectivity index (χ0) is 18.0. The Labute approximate surface area is 160 Å². The summed E-state index contributed by atoms with van der Waals surface area (Å²) in [5, 5.41) is 2.99. The lowest BCUT2D eigenvalue weighted by Gasteiger charge is -2.19. The van der Waals surface area contributed by atoms with Gasteiger partial charge in [0.2, 0.25) is 0 Å². The van der Waals surface area contributed by atoms with E-state index in [-0.39, 0.29) is 5.91 Å². The van der Waals surface area contributed by atoms with Crippen LogP contribution >= 0.6 is 11.8 Å². The Morgan fingerprint density at radius 3 is 2.54 bits per heavy atom. The molecule has 2 heterocycles. The maximum absolute atomic E-state index is 12.2. The lowest BCUT2D eigenvalue weighted by atomic mass is 10.1. The summed E-state index contributed by atoms with van der Waals surface area (Å²) in [6.45, 7) is 4.04. The number of likely N-dealkylation sites (tertiary alicyclic amines) is 1. The molecule has 1 fully saturated rings. The van der Waals surface area contributed by atoms with E-state index in [0.717, 1.165) is 29.4 Å². The number of furan rings is 1. The summed E-state index contributed by atoms with van der Waals surface area (Å²) in [4.78, 5) is 14.8. The van der Waals surface area contributed by atoms with Crippen LogP contribution in [0.2, 0.25) is 0 Å². The van der Waals surface area contributed by atoms with Crippen molar-refractivity contribution in [1.29, 1.82) is 0 Å². The largest absolute Gasteiger partial charge is 0.468 e. The van der Waals surface area contributed by atoms with Gasteiger partial charge in [0.05, 0.1) is 12.0 Å². The number of nitrogens with zero attached hydrogens (tertiary/aromatic N) is 1. The molecule has 0 spiro atoms. The number of hydrogen-bond donors (Lipinski definition) is 1. The fourth-order valence-electron chi connectivity index (χ4n) is 3.22. The third-order valence-corrected chi connectivity index (χ3v) is 5.66. The second-order valence-electron chi connectivity index (χ2n) is 6.78. The lowest BCUT2D eigenvalue weighted by molar-refractivity contribution is 0.0956. The standard InChI is InChI=1S/C21H28N2O2S/c24-21(22-11-15-26-17-20-6-5-14-25-20)19-9-7-18(8-10-19)16-23-12-3-1-2-4-13-23/h5-10,14H,1-4,11-13,15-17H2,(H,22,24). The first-order valence-corrected chi connectivity index (χ1v) is 10.7. The second-order valence-corrected chi connectivity index (χ2v) is 7.88. The highest BCUT2D eigenvalue weighted by Crippen LogP contribution is 2.14. The van der Waals surface area contributed by atoms with Gasteiger partial charge in [-0.1, -0.05) is 25.0 Å². The van der Waals surface area contributed by atoms with E-state index in [9.17, 15) is 4.79 Å². The first kappa shape index (κ1) is 19.1. The second kappa shape index (κ2) is 10.4. The van der Waals surface area contributed by atoms with Crippen LogP contribution in [0.1, 0.15) is 47.4 Å². The number of amides is 1. The summed E-state index contributed by atoms with van der Waals surface area (Å²) >= 11 is 1.76. The van der Waals surface area contributed by atoms with Crippen LogP contribution < -0.4 is 5.32 Å². The van der Waals surface area contributed by atoms with E-state index in [1.807, 2.05) is 24.3 Å². The van der Waals surface area contributed by atoms with Crippen molar-refractivity contribution in [3.8, 4) is 0 Å². The fraction of sp³-hybridized carbons (Fsp3) is 0.476. The highest BCUT2D eigenvalue weighted by atomic mass is 32.2. The summed E-state index contributed by atoms with van der Waals surface area (Å²) in [5.74, 6) is 2.69. The van der Waals surface area contributed by atoms with E-state index < -0.39 is 0 Å². The Kier molecular flexibility index (Phi) is 7.65. The highest BCUT2D eigenvalue weighted by molar-refractivity contribution is 7.98. The molecule has 1 aromatic carbocycles. The molecule has 1 amide bonds. The van der Waals surface area contributed by atoms with Crippen molar-refractivity contribution in [2.24, 2.45) is 0 Å². The molecular formula is C21H28N2O2S. The molecule has 0 atom stereocenters. The monoisotopic (exact) mass is 372 g/mol. The van der Waals surface area contributed by atoms with Crippen molar-refractivity contribution in [3.05, 3.63) is 59.5 Å². The average Bonchev–Trinajstić information content (AvgIpc) is 3.05. The van der Waals surface area contributed by atoms with E-state index in [1.54, 1.807) is 18.0 Å². The predicted molar refractivity (Wildman–Crippen MR) is 107 cm³/mol. The van der Waals surface area contributed by atoms with Crippen LogP contribution in [0.4, 0.5) is 0 Å². The number of thioether (sulfide) groups is 1. The Hall–Kier alpha value is -1.72. The fourth-order valence-corrected chi connectivity index (χ4v) is 3.98. The lowest BCUT2D eigenvalue weighted by Crippen LogP contribution is -2.26. The molecule has 0 radical (unpaired) electrons. The number of hydrogen-bond acceptors (Lipinski definition) is 4. The maximum Gasteiger partial charge on any atom is 0.251 e. The smallest absolute Gasteiger partial charge is 0.251 e. The minimum atomic E-state index is 0.00456. The minimum Gasteiger partial charge on any atom is -0.468 e. The topological polar surface area (TPSA) is 45.5 Å². The Morgan fingerprint density at radius 2 is 1.85 bits per heavy atom. The number of rotatable bonds is 8. The van der Waals surface area contributed by atoms with E-state index in [0.29, 0.717) is 6.54 Å². The zero-order valence-corrected chi connectivity index (χ0v) is 16.1. The van der Waals surface area contributed by atoms with Gasteiger partial charge in [-0.2, -0.15) is 11.8 Å². The zero-order valence-electron chi connectivity index (χ0n) is 15.3. The molecule has 0 unspecified atom stereocenters. The molecule has 140 valence electrons. The predicted octanol–water partition coefficient (Wildman–Crippen LogP) is 4.32. The van der Waals surface area contributed by atoms with Crippen LogP contribution in [0.25, 0.3) is 0 Å². The molecule has 0 saturated carbocycles. The molecular weight excluding hydrogens is 344 g/mol. The van der Waals surface area contributed by atoms with Gasteiger partial charge < -0.3 is 9.73 Å². The number of carbonyl (C=O) groups is 1. The molecule has 3 rings (SSSR count). The first-order valence-electron chi connectivity index (χ1n) is 9.51. The van der Waals surface area contributed by atoms with Crippen molar-refractivity contribution in [3.63, 3.8) is 0 Å². The van der Waals surface area contributed by atoms with Crippen LogP contribution in [0, 0.1) is 0 Å².